The summed E-state index contributed by atoms with van der Waals surface area (Å²) in [6, 6.07) is 7.95. The Hall–Kier alpha value is -2.23. The summed E-state index contributed by atoms with van der Waals surface area (Å²) >= 11 is 0. The first-order valence-electron chi connectivity index (χ1n) is 5.75. The molecule has 0 amide bonds. The van der Waals surface area contributed by atoms with Gasteiger partial charge in [-0.1, -0.05) is 6.92 Å². The van der Waals surface area contributed by atoms with Crippen molar-refractivity contribution in [3.05, 3.63) is 53.6 Å². The predicted molar refractivity (Wildman–Crippen MR) is 71.2 cm³/mol. The van der Waals surface area contributed by atoms with Crippen molar-refractivity contribution in [2.24, 2.45) is 0 Å². The second kappa shape index (κ2) is 5.40. The normalized spacial score (nSPS) is 10.1. The van der Waals surface area contributed by atoms with Crippen molar-refractivity contribution in [1.82, 2.24) is 4.98 Å². The fourth-order valence-corrected chi connectivity index (χ4v) is 1.62. The summed E-state index contributed by atoms with van der Waals surface area (Å²) in [7, 11) is 0. The minimum absolute atomic E-state index is 0.271. The number of halogens is 1. The van der Waals surface area contributed by atoms with Crippen molar-refractivity contribution in [3.8, 4) is 0 Å². The maximum absolute atomic E-state index is 12.8. The van der Waals surface area contributed by atoms with E-state index in [1.807, 2.05) is 13.0 Å². The van der Waals surface area contributed by atoms with Crippen molar-refractivity contribution in [2.75, 3.05) is 5.32 Å². The Balaban J connectivity index is 2.28. The van der Waals surface area contributed by atoms with E-state index in [1.165, 1.54) is 18.3 Å². The number of nitrogens with one attached hydrogen (secondary N) is 2. The molecule has 0 saturated heterocycles. The summed E-state index contributed by atoms with van der Waals surface area (Å²) in [5.74, 6) is -0.271. The number of pyridine rings is 1. The van der Waals surface area contributed by atoms with E-state index >= 15 is 0 Å². The molecule has 0 bridgehead atoms. The number of aromatic nitrogens is 1. The molecule has 2 N–H and O–H groups in total. The second-order valence-electron chi connectivity index (χ2n) is 3.89. The Morgan fingerprint density at radius 1 is 1.33 bits per heavy atom. The lowest BCUT2D eigenvalue weighted by atomic mass is 10.1. The Labute approximate surface area is 105 Å². The smallest absolute Gasteiger partial charge is 0.123 e. The van der Waals surface area contributed by atoms with Gasteiger partial charge in [-0.2, -0.15) is 0 Å². The van der Waals surface area contributed by atoms with E-state index in [9.17, 15) is 4.39 Å². The molecule has 0 unspecified atom stereocenters. The van der Waals surface area contributed by atoms with Crippen LogP contribution in [0.5, 0.6) is 0 Å². The van der Waals surface area contributed by atoms with Crippen molar-refractivity contribution < 1.29 is 4.39 Å². The van der Waals surface area contributed by atoms with E-state index in [0.717, 1.165) is 29.1 Å². The summed E-state index contributed by atoms with van der Waals surface area (Å²) in [4.78, 5) is 4.28. The molecule has 1 aromatic carbocycles. The third-order valence-corrected chi connectivity index (χ3v) is 2.63. The predicted octanol–water partition coefficient (Wildman–Crippen LogP) is 3.52. The summed E-state index contributed by atoms with van der Waals surface area (Å²) in [6.45, 7) is 2.02. The molecule has 0 fully saturated rings. The van der Waals surface area contributed by atoms with Crippen LogP contribution >= 0.6 is 0 Å². The van der Waals surface area contributed by atoms with E-state index in [1.54, 1.807) is 18.3 Å². The molecule has 0 aliphatic heterocycles. The minimum atomic E-state index is -0.271. The second-order valence-corrected chi connectivity index (χ2v) is 3.89. The van der Waals surface area contributed by atoms with Gasteiger partial charge in [0.05, 0.1) is 11.9 Å². The van der Waals surface area contributed by atoms with Crippen LogP contribution in [0.15, 0.2) is 36.5 Å². The molecule has 0 aliphatic carbocycles. The highest BCUT2D eigenvalue weighted by Gasteiger charge is 2.03. The lowest BCUT2D eigenvalue weighted by molar-refractivity contribution is 0.628. The van der Waals surface area contributed by atoms with Gasteiger partial charge in [-0.05, 0) is 36.8 Å². The maximum atomic E-state index is 12.8. The standard InChI is InChI=1S/C14H14FN3/c1-2-12-7-10(8-16)14(9-17-12)18-13-5-3-11(15)4-6-13/h3-9,16,18H,2H2,1H3. The topological polar surface area (TPSA) is 48.8 Å². The molecular formula is C14H14FN3. The van der Waals surface area contributed by atoms with E-state index in [0.29, 0.717) is 0 Å². The lowest BCUT2D eigenvalue weighted by Gasteiger charge is -2.10. The fraction of sp³-hybridized carbons (Fsp3) is 0.143. The Morgan fingerprint density at radius 3 is 2.67 bits per heavy atom. The van der Waals surface area contributed by atoms with Crippen LogP contribution < -0.4 is 5.32 Å². The number of anilines is 2. The number of hydrogen-bond donors (Lipinski definition) is 2. The summed E-state index contributed by atoms with van der Waals surface area (Å²) in [6.07, 6.45) is 3.81. The van der Waals surface area contributed by atoms with Gasteiger partial charge in [0.25, 0.3) is 0 Å². The molecule has 18 heavy (non-hydrogen) atoms. The molecular weight excluding hydrogens is 229 g/mol. The number of hydrogen-bond acceptors (Lipinski definition) is 3. The van der Waals surface area contributed by atoms with Gasteiger partial charge in [0.15, 0.2) is 0 Å². The van der Waals surface area contributed by atoms with Crippen LogP contribution in [0.4, 0.5) is 15.8 Å². The highest BCUT2D eigenvalue weighted by molar-refractivity contribution is 5.87. The van der Waals surface area contributed by atoms with E-state index < -0.39 is 0 Å². The van der Waals surface area contributed by atoms with E-state index in [4.69, 9.17) is 5.41 Å². The van der Waals surface area contributed by atoms with Gasteiger partial charge in [-0.15, -0.1) is 0 Å². The van der Waals surface area contributed by atoms with Crippen LogP contribution in [0.25, 0.3) is 0 Å². The molecule has 92 valence electrons. The van der Waals surface area contributed by atoms with Gasteiger partial charge in [0, 0.05) is 23.2 Å². The fourth-order valence-electron chi connectivity index (χ4n) is 1.62. The molecule has 3 nitrogen and oxygen atoms in total. The molecule has 0 spiro atoms. The first-order valence-corrected chi connectivity index (χ1v) is 5.75. The van der Waals surface area contributed by atoms with E-state index in [2.05, 4.69) is 10.3 Å². The van der Waals surface area contributed by atoms with Crippen LogP contribution in [-0.4, -0.2) is 11.2 Å². The zero-order valence-corrected chi connectivity index (χ0v) is 10.1. The molecule has 0 aliphatic rings. The highest BCUT2D eigenvalue weighted by Crippen LogP contribution is 2.20. The monoisotopic (exact) mass is 243 g/mol. The van der Waals surface area contributed by atoms with Gasteiger partial charge in [-0.3, -0.25) is 4.98 Å². The first-order chi connectivity index (χ1) is 8.72. The van der Waals surface area contributed by atoms with Crippen LogP contribution in [0.3, 0.4) is 0 Å². The van der Waals surface area contributed by atoms with Crippen LogP contribution in [-0.2, 0) is 6.42 Å². The number of rotatable bonds is 4. The molecule has 1 aromatic heterocycles. The van der Waals surface area contributed by atoms with Gasteiger partial charge < -0.3 is 10.7 Å². The van der Waals surface area contributed by atoms with Crippen LogP contribution in [0, 0.1) is 11.2 Å². The third-order valence-electron chi connectivity index (χ3n) is 2.63. The van der Waals surface area contributed by atoms with Crippen LogP contribution in [0.2, 0.25) is 0 Å². The Bertz CT molecular complexity index is 549. The SMILES string of the molecule is CCc1cc(C=N)c(Nc2ccc(F)cc2)cn1. The van der Waals surface area contributed by atoms with Gasteiger partial charge in [0.2, 0.25) is 0 Å². The average Bonchev–Trinajstić information content (AvgIpc) is 2.41. The van der Waals surface area contributed by atoms with Gasteiger partial charge >= 0.3 is 0 Å². The third kappa shape index (κ3) is 2.71. The molecule has 2 rings (SSSR count). The Morgan fingerprint density at radius 2 is 2.06 bits per heavy atom. The minimum Gasteiger partial charge on any atom is -0.354 e. The van der Waals surface area contributed by atoms with E-state index in [-0.39, 0.29) is 5.82 Å². The summed E-state index contributed by atoms with van der Waals surface area (Å²) in [5, 5.41) is 10.5. The molecule has 0 radical (unpaired) electrons. The zero-order chi connectivity index (χ0) is 13.0. The zero-order valence-electron chi connectivity index (χ0n) is 10.1. The lowest BCUT2D eigenvalue weighted by Crippen LogP contribution is -1.99. The van der Waals surface area contributed by atoms with Gasteiger partial charge in [-0.25, -0.2) is 4.39 Å². The molecule has 4 heteroatoms. The molecule has 1 heterocycles. The van der Waals surface area contributed by atoms with Crippen molar-refractivity contribution in [2.45, 2.75) is 13.3 Å². The van der Waals surface area contributed by atoms with Crippen molar-refractivity contribution >= 4 is 17.6 Å². The molecule has 2 aromatic rings. The quantitative estimate of drug-likeness (QED) is 0.807. The van der Waals surface area contributed by atoms with Crippen molar-refractivity contribution in [3.63, 3.8) is 0 Å². The number of aryl methyl sites for hydroxylation is 1. The van der Waals surface area contributed by atoms with Crippen LogP contribution in [0.1, 0.15) is 18.2 Å². The highest BCUT2D eigenvalue weighted by atomic mass is 19.1. The summed E-state index contributed by atoms with van der Waals surface area (Å²) < 4.78 is 12.8. The summed E-state index contributed by atoms with van der Waals surface area (Å²) in [5.41, 5.74) is 3.23. The number of nitrogens with zero attached hydrogens (tertiary/aromatic N) is 1. The van der Waals surface area contributed by atoms with Crippen molar-refractivity contribution in [1.29, 1.82) is 5.41 Å². The largest absolute Gasteiger partial charge is 0.354 e. The molecule has 0 atom stereocenters. The molecule has 0 saturated carbocycles. The number of benzene rings is 1. The Kier molecular flexibility index (Phi) is 3.67. The first kappa shape index (κ1) is 12.2. The average molecular weight is 243 g/mol. The van der Waals surface area contributed by atoms with Gasteiger partial charge in [0.1, 0.15) is 5.82 Å². The maximum Gasteiger partial charge on any atom is 0.123 e.